The molecule has 1 aliphatic rings. The second-order valence-corrected chi connectivity index (χ2v) is 6.64. The van der Waals surface area contributed by atoms with E-state index in [0.29, 0.717) is 0 Å². The molecule has 0 spiro atoms. The zero-order chi connectivity index (χ0) is 15.5. The van der Waals surface area contributed by atoms with Gasteiger partial charge in [-0.3, -0.25) is 0 Å². The number of hydrogen-bond donors (Lipinski definition) is 1. The Morgan fingerprint density at radius 3 is 2.24 bits per heavy atom. The summed E-state index contributed by atoms with van der Waals surface area (Å²) >= 11 is 0. The van der Waals surface area contributed by atoms with E-state index < -0.39 is 0 Å². The summed E-state index contributed by atoms with van der Waals surface area (Å²) in [5.41, 5.74) is 2.05. The van der Waals surface area contributed by atoms with Gasteiger partial charge in [-0.15, -0.1) is 0 Å². The number of likely N-dealkylation sites (N-methyl/N-ethyl adjacent to an activating group) is 2. The lowest BCUT2D eigenvalue weighted by Crippen LogP contribution is -2.53. The van der Waals surface area contributed by atoms with Crippen LogP contribution in [0.4, 0.5) is 4.39 Å². The van der Waals surface area contributed by atoms with Crippen molar-refractivity contribution in [2.45, 2.75) is 57.0 Å². The van der Waals surface area contributed by atoms with E-state index in [2.05, 4.69) is 24.3 Å². The first-order chi connectivity index (χ1) is 10.0. The molecular formula is C18H29FN2. The van der Waals surface area contributed by atoms with Crippen LogP contribution in [0.25, 0.3) is 0 Å². The largest absolute Gasteiger partial charge is 0.311 e. The Kier molecular flexibility index (Phi) is 5.39. The molecule has 0 aromatic heterocycles. The van der Waals surface area contributed by atoms with Crippen LogP contribution >= 0.6 is 0 Å². The average Bonchev–Trinajstić information content (AvgIpc) is 2.70. The van der Waals surface area contributed by atoms with Crippen LogP contribution in [0.1, 0.15) is 55.7 Å². The number of halogens is 1. The molecule has 1 saturated carbocycles. The molecule has 1 fully saturated rings. The fourth-order valence-electron chi connectivity index (χ4n) is 3.93. The van der Waals surface area contributed by atoms with Crippen molar-refractivity contribution < 1.29 is 4.39 Å². The Bertz CT molecular complexity index is 462. The van der Waals surface area contributed by atoms with Gasteiger partial charge in [0, 0.05) is 5.54 Å². The second-order valence-electron chi connectivity index (χ2n) is 6.64. The molecule has 1 N–H and O–H groups in total. The molecule has 0 bridgehead atoms. The van der Waals surface area contributed by atoms with Gasteiger partial charge in [0.15, 0.2) is 0 Å². The van der Waals surface area contributed by atoms with E-state index >= 15 is 0 Å². The molecule has 1 aromatic rings. The molecule has 1 aromatic carbocycles. The first-order valence-corrected chi connectivity index (χ1v) is 8.12. The van der Waals surface area contributed by atoms with Crippen LogP contribution in [0.5, 0.6) is 0 Å². The molecule has 1 atom stereocenters. The Hall–Kier alpha value is -0.930. The molecule has 118 valence electrons. The third kappa shape index (κ3) is 3.29. The van der Waals surface area contributed by atoms with E-state index in [1.54, 1.807) is 6.07 Å². The smallest absolute Gasteiger partial charge is 0.126 e. The minimum Gasteiger partial charge on any atom is -0.311 e. The van der Waals surface area contributed by atoms with Crippen LogP contribution in [-0.2, 0) is 0 Å². The lowest BCUT2D eigenvalue weighted by Gasteiger charge is -2.46. The topological polar surface area (TPSA) is 15.3 Å². The highest BCUT2D eigenvalue weighted by atomic mass is 19.1. The summed E-state index contributed by atoms with van der Waals surface area (Å²) in [6.45, 7) is 1.85. The highest BCUT2D eigenvalue weighted by molar-refractivity contribution is 5.29. The number of nitrogens with one attached hydrogen (secondary N) is 1. The maximum Gasteiger partial charge on any atom is 0.126 e. The van der Waals surface area contributed by atoms with Crippen molar-refractivity contribution in [3.8, 4) is 0 Å². The Balaban J connectivity index is 2.41. The van der Waals surface area contributed by atoms with Crippen molar-refractivity contribution in [1.82, 2.24) is 10.2 Å². The van der Waals surface area contributed by atoms with Gasteiger partial charge in [0.05, 0.1) is 6.04 Å². The first-order valence-electron chi connectivity index (χ1n) is 8.12. The van der Waals surface area contributed by atoms with Gasteiger partial charge in [-0.1, -0.05) is 37.8 Å². The maximum atomic E-state index is 13.6. The predicted octanol–water partition coefficient (Wildman–Crippen LogP) is 4.05. The molecule has 0 saturated heterocycles. The monoisotopic (exact) mass is 292 g/mol. The van der Waals surface area contributed by atoms with Crippen LogP contribution in [0.15, 0.2) is 18.2 Å². The Morgan fingerprint density at radius 1 is 1.14 bits per heavy atom. The molecule has 0 aliphatic heterocycles. The summed E-state index contributed by atoms with van der Waals surface area (Å²) in [5, 5.41) is 3.52. The van der Waals surface area contributed by atoms with E-state index in [4.69, 9.17) is 0 Å². The summed E-state index contributed by atoms with van der Waals surface area (Å²) < 4.78 is 13.6. The Morgan fingerprint density at radius 2 is 1.76 bits per heavy atom. The first kappa shape index (κ1) is 16.4. The minimum atomic E-state index is -0.117. The molecule has 1 unspecified atom stereocenters. The number of rotatable bonds is 4. The van der Waals surface area contributed by atoms with Crippen molar-refractivity contribution in [3.05, 3.63) is 35.1 Å². The highest BCUT2D eigenvalue weighted by Gasteiger charge is 2.41. The van der Waals surface area contributed by atoms with Gasteiger partial charge in [-0.05, 0) is 58.1 Å². The SMILES string of the molecule is CNC(c1ccc(F)c(C)c1)C1(N(C)C)CCCCCC1. The summed E-state index contributed by atoms with van der Waals surface area (Å²) in [5.74, 6) is -0.117. The molecule has 0 amide bonds. The molecule has 21 heavy (non-hydrogen) atoms. The molecule has 1 aliphatic carbocycles. The normalized spacial score (nSPS) is 20.3. The van der Waals surface area contributed by atoms with Crippen LogP contribution in [0.3, 0.4) is 0 Å². The third-order valence-electron chi connectivity index (χ3n) is 5.20. The maximum absolute atomic E-state index is 13.6. The quantitative estimate of drug-likeness (QED) is 0.842. The van der Waals surface area contributed by atoms with E-state index in [9.17, 15) is 4.39 Å². The van der Waals surface area contributed by atoms with Gasteiger partial charge in [0.2, 0.25) is 0 Å². The average molecular weight is 292 g/mol. The van der Waals surface area contributed by atoms with E-state index in [0.717, 1.165) is 5.56 Å². The van der Waals surface area contributed by atoms with E-state index in [-0.39, 0.29) is 17.4 Å². The van der Waals surface area contributed by atoms with Crippen molar-refractivity contribution >= 4 is 0 Å². The zero-order valence-electron chi connectivity index (χ0n) is 13.9. The molecular weight excluding hydrogens is 263 g/mol. The fourth-order valence-corrected chi connectivity index (χ4v) is 3.93. The summed E-state index contributed by atoms with van der Waals surface area (Å²) in [4.78, 5) is 2.39. The van der Waals surface area contributed by atoms with Crippen LogP contribution in [0.2, 0.25) is 0 Å². The number of benzene rings is 1. The van der Waals surface area contributed by atoms with Crippen LogP contribution in [0, 0.1) is 12.7 Å². The number of hydrogen-bond acceptors (Lipinski definition) is 2. The molecule has 3 heteroatoms. The number of nitrogens with zero attached hydrogens (tertiary/aromatic N) is 1. The molecule has 2 rings (SSSR count). The van der Waals surface area contributed by atoms with Crippen molar-refractivity contribution in [3.63, 3.8) is 0 Å². The highest BCUT2D eigenvalue weighted by Crippen LogP contribution is 2.41. The van der Waals surface area contributed by atoms with Crippen molar-refractivity contribution in [2.75, 3.05) is 21.1 Å². The lowest BCUT2D eigenvalue weighted by molar-refractivity contribution is 0.0834. The third-order valence-corrected chi connectivity index (χ3v) is 5.20. The van der Waals surface area contributed by atoms with Crippen molar-refractivity contribution in [1.29, 1.82) is 0 Å². The van der Waals surface area contributed by atoms with Crippen molar-refractivity contribution in [2.24, 2.45) is 0 Å². The number of aryl methyl sites for hydroxylation is 1. The van der Waals surface area contributed by atoms with Gasteiger partial charge >= 0.3 is 0 Å². The van der Waals surface area contributed by atoms with Crippen LogP contribution < -0.4 is 5.32 Å². The van der Waals surface area contributed by atoms with Gasteiger partial charge in [0.1, 0.15) is 5.82 Å². The van der Waals surface area contributed by atoms with Gasteiger partial charge < -0.3 is 10.2 Å². The molecule has 0 radical (unpaired) electrons. The van der Waals surface area contributed by atoms with E-state index in [1.807, 2.05) is 26.1 Å². The summed E-state index contributed by atoms with van der Waals surface area (Å²) in [6, 6.07) is 5.80. The fraction of sp³-hybridized carbons (Fsp3) is 0.667. The van der Waals surface area contributed by atoms with E-state index in [1.165, 1.54) is 44.1 Å². The lowest BCUT2D eigenvalue weighted by atomic mass is 9.78. The van der Waals surface area contributed by atoms with Gasteiger partial charge in [-0.25, -0.2) is 4.39 Å². The zero-order valence-corrected chi connectivity index (χ0v) is 13.9. The van der Waals surface area contributed by atoms with Crippen LogP contribution in [-0.4, -0.2) is 31.6 Å². The van der Waals surface area contributed by atoms with Gasteiger partial charge in [0.25, 0.3) is 0 Å². The Labute approximate surface area is 128 Å². The summed E-state index contributed by atoms with van der Waals surface area (Å²) in [7, 11) is 6.40. The van der Waals surface area contributed by atoms with Gasteiger partial charge in [-0.2, -0.15) is 0 Å². The molecule has 2 nitrogen and oxygen atoms in total. The molecule has 0 heterocycles. The predicted molar refractivity (Wildman–Crippen MR) is 87.1 cm³/mol. The minimum absolute atomic E-state index is 0.117. The second kappa shape index (κ2) is 6.89. The standard InChI is InChI=1S/C18H29FN2/c1-14-13-15(9-10-16(14)19)17(20-2)18(21(3)4)11-7-5-6-8-12-18/h9-10,13,17,20H,5-8,11-12H2,1-4H3. The summed E-state index contributed by atoms with van der Waals surface area (Å²) in [6.07, 6.45) is 7.60.